The molecule has 1 N–H and O–H groups in total. The zero-order valence-corrected chi connectivity index (χ0v) is 12.5. The van der Waals surface area contributed by atoms with Crippen molar-refractivity contribution in [3.05, 3.63) is 30.1 Å². The second-order valence-electron chi connectivity index (χ2n) is 6.01. The highest BCUT2D eigenvalue weighted by atomic mass is 16.2. The van der Waals surface area contributed by atoms with Crippen LogP contribution in [-0.4, -0.2) is 60.0 Å². The summed E-state index contributed by atoms with van der Waals surface area (Å²) in [6, 6.07) is 4.09. The van der Waals surface area contributed by atoms with Gasteiger partial charge in [-0.05, 0) is 31.0 Å². The van der Waals surface area contributed by atoms with Crippen molar-refractivity contribution in [2.75, 3.05) is 39.3 Å². The molecule has 3 heterocycles. The molecule has 0 bridgehead atoms. The average Bonchev–Trinajstić information content (AvgIpc) is 2.57. The van der Waals surface area contributed by atoms with Crippen molar-refractivity contribution in [1.29, 1.82) is 0 Å². The van der Waals surface area contributed by atoms with E-state index in [0.717, 1.165) is 58.7 Å². The molecular weight excluding hydrogens is 264 g/mol. The second-order valence-corrected chi connectivity index (χ2v) is 6.01. The van der Waals surface area contributed by atoms with Crippen LogP contribution in [0, 0.1) is 5.92 Å². The topological polar surface area (TPSA) is 48.5 Å². The molecule has 2 fully saturated rings. The van der Waals surface area contributed by atoms with Crippen molar-refractivity contribution in [1.82, 2.24) is 20.1 Å². The predicted octanol–water partition coefficient (Wildman–Crippen LogP) is 0.725. The molecule has 0 unspecified atom stereocenters. The normalized spacial score (nSPS) is 24.0. The smallest absolute Gasteiger partial charge is 0.227 e. The minimum Gasteiger partial charge on any atom is -0.340 e. The van der Waals surface area contributed by atoms with E-state index in [9.17, 15) is 4.79 Å². The van der Waals surface area contributed by atoms with Crippen LogP contribution in [0.3, 0.4) is 0 Å². The fourth-order valence-electron chi connectivity index (χ4n) is 3.20. The van der Waals surface area contributed by atoms with Crippen molar-refractivity contribution >= 4 is 5.91 Å². The summed E-state index contributed by atoms with van der Waals surface area (Å²) in [5, 5.41) is 3.33. The number of nitrogens with one attached hydrogen (secondary N) is 1. The zero-order chi connectivity index (χ0) is 14.5. The number of rotatable bonds is 3. The van der Waals surface area contributed by atoms with E-state index in [0.29, 0.717) is 5.91 Å². The van der Waals surface area contributed by atoms with Crippen molar-refractivity contribution in [3.8, 4) is 0 Å². The zero-order valence-electron chi connectivity index (χ0n) is 12.5. The number of pyridine rings is 1. The maximum atomic E-state index is 12.5. The second kappa shape index (κ2) is 7.00. The van der Waals surface area contributed by atoms with Crippen LogP contribution < -0.4 is 5.32 Å². The van der Waals surface area contributed by atoms with Gasteiger partial charge in [-0.15, -0.1) is 0 Å². The van der Waals surface area contributed by atoms with E-state index in [2.05, 4.69) is 26.2 Å². The van der Waals surface area contributed by atoms with Gasteiger partial charge in [-0.2, -0.15) is 0 Å². The SMILES string of the molecule is O=C([C@@H]1CCCNC1)N1CCN(Cc2cccnc2)CC1. The lowest BCUT2D eigenvalue weighted by Crippen LogP contribution is -2.51. The Balaban J connectivity index is 1.47. The van der Waals surface area contributed by atoms with Crippen molar-refractivity contribution in [3.63, 3.8) is 0 Å². The van der Waals surface area contributed by atoms with Crippen molar-refractivity contribution in [2.45, 2.75) is 19.4 Å². The Hall–Kier alpha value is -1.46. The standard InChI is InChI=1S/C16H24N4O/c21-16(15-4-2-6-18-12-15)20-9-7-19(8-10-20)13-14-3-1-5-17-11-14/h1,3,5,11,15,18H,2,4,6-10,12-13H2/t15-/m1/s1. The lowest BCUT2D eigenvalue weighted by atomic mass is 9.98. The van der Waals surface area contributed by atoms with Crippen LogP contribution in [0.5, 0.6) is 0 Å². The van der Waals surface area contributed by atoms with Gasteiger partial charge in [-0.3, -0.25) is 14.7 Å². The minimum atomic E-state index is 0.198. The predicted molar refractivity (Wildman–Crippen MR) is 81.7 cm³/mol. The summed E-state index contributed by atoms with van der Waals surface area (Å²) in [6.45, 7) is 6.48. The molecule has 2 aliphatic heterocycles. The molecule has 0 saturated carbocycles. The van der Waals surface area contributed by atoms with Crippen molar-refractivity contribution < 1.29 is 4.79 Å². The molecule has 0 aromatic carbocycles. The summed E-state index contributed by atoms with van der Waals surface area (Å²) in [6.07, 6.45) is 5.89. The number of piperazine rings is 1. The lowest BCUT2D eigenvalue weighted by molar-refractivity contribution is -0.137. The molecule has 2 saturated heterocycles. The highest BCUT2D eigenvalue weighted by Crippen LogP contribution is 2.15. The van der Waals surface area contributed by atoms with Gasteiger partial charge in [0.2, 0.25) is 5.91 Å². The Morgan fingerprint density at radius 1 is 1.33 bits per heavy atom. The Labute approximate surface area is 126 Å². The van der Waals surface area contributed by atoms with E-state index >= 15 is 0 Å². The minimum absolute atomic E-state index is 0.198. The van der Waals surface area contributed by atoms with Crippen LogP contribution in [0.15, 0.2) is 24.5 Å². The third kappa shape index (κ3) is 3.80. The Morgan fingerprint density at radius 2 is 2.19 bits per heavy atom. The molecule has 1 aromatic rings. The summed E-state index contributed by atoms with van der Waals surface area (Å²) in [4.78, 5) is 21.1. The molecule has 0 spiro atoms. The lowest BCUT2D eigenvalue weighted by Gasteiger charge is -2.37. The number of hydrogen-bond donors (Lipinski definition) is 1. The van der Waals surface area contributed by atoms with E-state index < -0.39 is 0 Å². The molecule has 3 rings (SSSR count). The molecule has 114 valence electrons. The molecule has 2 aliphatic rings. The number of carbonyl (C=O) groups is 1. The maximum absolute atomic E-state index is 12.5. The summed E-state index contributed by atoms with van der Waals surface area (Å²) in [5.41, 5.74) is 1.24. The quantitative estimate of drug-likeness (QED) is 0.890. The van der Waals surface area contributed by atoms with E-state index in [1.54, 1.807) is 6.20 Å². The monoisotopic (exact) mass is 288 g/mol. The molecule has 1 amide bonds. The highest BCUT2D eigenvalue weighted by Gasteiger charge is 2.28. The van der Waals surface area contributed by atoms with Gasteiger partial charge in [0.25, 0.3) is 0 Å². The van der Waals surface area contributed by atoms with Gasteiger partial charge < -0.3 is 10.2 Å². The third-order valence-electron chi connectivity index (χ3n) is 4.46. The van der Waals surface area contributed by atoms with E-state index in [4.69, 9.17) is 0 Å². The fraction of sp³-hybridized carbons (Fsp3) is 0.625. The van der Waals surface area contributed by atoms with Gasteiger partial charge in [0, 0.05) is 51.7 Å². The number of hydrogen-bond acceptors (Lipinski definition) is 4. The average molecular weight is 288 g/mol. The molecular formula is C16H24N4O. The molecule has 0 aliphatic carbocycles. The fourth-order valence-corrected chi connectivity index (χ4v) is 3.20. The molecule has 1 atom stereocenters. The Kier molecular flexibility index (Phi) is 4.83. The van der Waals surface area contributed by atoms with Gasteiger partial charge in [0.05, 0.1) is 5.92 Å². The highest BCUT2D eigenvalue weighted by molar-refractivity contribution is 5.79. The number of piperidine rings is 1. The first kappa shape index (κ1) is 14.5. The summed E-state index contributed by atoms with van der Waals surface area (Å²) >= 11 is 0. The van der Waals surface area contributed by atoms with Crippen molar-refractivity contribution in [2.24, 2.45) is 5.92 Å². The molecule has 5 heteroatoms. The first-order valence-corrected chi connectivity index (χ1v) is 7.94. The van der Waals surface area contributed by atoms with Crippen LogP contribution >= 0.6 is 0 Å². The van der Waals surface area contributed by atoms with Crippen LogP contribution in [-0.2, 0) is 11.3 Å². The molecule has 21 heavy (non-hydrogen) atoms. The number of nitrogens with zero attached hydrogens (tertiary/aromatic N) is 3. The summed E-state index contributed by atoms with van der Waals surface area (Å²) in [5.74, 6) is 0.548. The van der Waals surface area contributed by atoms with Gasteiger partial charge in [0.1, 0.15) is 0 Å². The first-order chi connectivity index (χ1) is 10.3. The molecule has 1 aromatic heterocycles. The Bertz CT molecular complexity index is 451. The van der Waals surface area contributed by atoms with E-state index in [1.165, 1.54) is 5.56 Å². The molecule has 5 nitrogen and oxygen atoms in total. The van der Waals surface area contributed by atoms with Gasteiger partial charge in [0.15, 0.2) is 0 Å². The summed E-state index contributed by atoms with van der Waals surface area (Å²) < 4.78 is 0. The van der Waals surface area contributed by atoms with Crippen LogP contribution in [0.2, 0.25) is 0 Å². The number of amides is 1. The van der Waals surface area contributed by atoms with Gasteiger partial charge in [-0.25, -0.2) is 0 Å². The van der Waals surface area contributed by atoms with Crippen LogP contribution in [0.4, 0.5) is 0 Å². The van der Waals surface area contributed by atoms with E-state index in [-0.39, 0.29) is 5.92 Å². The van der Waals surface area contributed by atoms with E-state index in [1.807, 2.05) is 12.3 Å². The van der Waals surface area contributed by atoms with Crippen LogP contribution in [0.1, 0.15) is 18.4 Å². The third-order valence-corrected chi connectivity index (χ3v) is 4.46. The maximum Gasteiger partial charge on any atom is 0.227 e. The largest absolute Gasteiger partial charge is 0.340 e. The number of aromatic nitrogens is 1. The molecule has 0 radical (unpaired) electrons. The first-order valence-electron chi connectivity index (χ1n) is 7.94. The number of carbonyl (C=O) groups excluding carboxylic acids is 1. The summed E-state index contributed by atoms with van der Waals surface area (Å²) in [7, 11) is 0. The van der Waals surface area contributed by atoms with Gasteiger partial charge >= 0.3 is 0 Å². The Morgan fingerprint density at radius 3 is 2.86 bits per heavy atom. The van der Waals surface area contributed by atoms with Gasteiger partial charge in [-0.1, -0.05) is 6.07 Å². The van der Waals surface area contributed by atoms with Crippen LogP contribution in [0.25, 0.3) is 0 Å².